The van der Waals surface area contributed by atoms with Gasteiger partial charge in [-0.3, -0.25) is 4.79 Å². The quantitative estimate of drug-likeness (QED) is 0.518. The largest absolute Gasteiger partial charge is 0.391 e. The summed E-state index contributed by atoms with van der Waals surface area (Å²) in [4.78, 5) is 12.7. The number of carbonyl (C=O) groups excluding carboxylic acids is 1. The van der Waals surface area contributed by atoms with Gasteiger partial charge in [-0.1, -0.05) is 0 Å². The number of rotatable bonds is 5. The molecule has 0 saturated carbocycles. The van der Waals surface area contributed by atoms with Gasteiger partial charge in [-0.05, 0) is 0 Å². The molecule has 0 spiro atoms. The average Bonchev–Trinajstić information content (AvgIpc) is 2.39. The second kappa shape index (κ2) is 5.16. The third kappa shape index (κ3) is 3.30. The van der Waals surface area contributed by atoms with Gasteiger partial charge < -0.3 is 20.5 Å². The van der Waals surface area contributed by atoms with E-state index in [-0.39, 0.29) is 12.3 Å². The molecule has 1 aliphatic heterocycles. The molecule has 0 bridgehead atoms. The number of aliphatic hydroxyl groups is 1. The molecule has 1 atom stereocenters. The summed E-state index contributed by atoms with van der Waals surface area (Å²) in [5.74, 6) is 0.00356. The Balaban J connectivity index is 2.11. The van der Waals surface area contributed by atoms with Crippen LogP contribution in [-0.2, 0) is 9.53 Å². The monoisotopic (exact) mass is 188 g/mol. The van der Waals surface area contributed by atoms with E-state index in [1.54, 1.807) is 4.90 Å². The Hall–Kier alpha value is -0.650. The topological polar surface area (TPSA) is 75.8 Å². The van der Waals surface area contributed by atoms with Crippen molar-refractivity contribution in [2.75, 3.05) is 32.8 Å². The van der Waals surface area contributed by atoms with Crippen LogP contribution in [0.2, 0.25) is 0 Å². The van der Waals surface area contributed by atoms with E-state index < -0.39 is 6.10 Å². The number of nitrogens with two attached hydrogens (primary N) is 1. The minimum Gasteiger partial charge on any atom is -0.391 e. The van der Waals surface area contributed by atoms with Crippen LogP contribution in [0, 0.1) is 0 Å². The molecule has 1 aliphatic rings. The Kier molecular flexibility index (Phi) is 4.14. The van der Waals surface area contributed by atoms with E-state index in [1.165, 1.54) is 0 Å². The zero-order valence-corrected chi connectivity index (χ0v) is 7.61. The number of carbonyl (C=O) groups is 1. The third-order valence-corrected chi connectivity index (χ3v) is 1.96. The van der Waals surface area contributed by atoms with Gasteiger partial charge in [-0.25, -0.2) is 0 Å². The SMILES string of the molecule is NCCOCCN1CC(O)CC1=O. The second-order valence-electron chi connectivity index (χ2n) is 3.10. The summed E-state index contributed by atoms with van der Waals surface area (Å²) in [6, 6.07) is 0. The first kappa shape index (κ1) is 10.4. The standard InChI is InChI=1S/C8H16N2O3/c9-1-3-13-4-2-10-6-7(11)5-8(10)12/h7,11H,1-6,9H2. The Morgan fingerprint density at radius 3 is 2.92 bits per heavy atom. The van der Waals surface area contributed by atoms with Gasteiger partial charge in [0.15, 0.2) is 0 Å². The molecule has 3 N–H and O–H groups in total. The molecule has 0 aliphatic carbocycles. The smallest absolute Gasteiger partial charge is 0.225 e. The van der Waals surface area contributed by atoms with Gasteiger partial charge in [-0.15, -0.1) is 0 Å². The van der Waals surface area contributed by atoms with Crippen LogP contribution < -0.4 is 5.73 Å². The highest BCUT2D eigenvalue weighted by molar-refractivity contribution is 5.78. The first-order valence-electron chi connectivity index (χ1n) is 4.47. The lowest BCUT2D eigenvalue weighted by atomic mass is 10.3. The van der Waals surface area contributed by atoms with Crippen molar-refractivity contribution in [2.24, 2.45) is 5.73 Å². The van der Waals surface area contributed by atoms with E-state index in [1.807, 2.05) is 0 Å². The van der Waals surface area contributed by atoms with Crippen LogP contribution in [0.3, 0.4) is 0 Å². The zero-order chi connectivity index (χ0) is 9.68. The van der Waals surface area contributed by atoms with Crippen LogP contribution in [0.5, 0.6) is 0 Å². The van der Waals surface area contributed by atoms with Crippen LogP contribution in [0.15, 0.2) is 0 Å². The molecule has 0 radical (unpaired) electrons. The number of amides is 1. The maximum atomic E-state index is 11.1. The van der Waals surface area contributed by atoms with Gasteiger partial charge in [0.25, 0.3) is 0 Å². The Bertz CT molecular complexity index is 175. The maximum Gasteiger partial charge on any atom is 0.225 e. The van der Waals surface area contributed by atoms with Crippen molar-refractivity contribution in [1.82, 2.24) is 4.90 Å². The number of β-amino-alcohol motifs (C(OH)–C–C–N with tert-alkyl or cyclic N) is 1. The minimum absolute atomic E-state index is 0.00356. The molecule has 5 heteroatoms. The molecule has 1 amide bonds. The normalized spacial score (nSPS) is 22.8. The molecule has 76 valence electrons. The molecule has 0 aromatic rings. The van der Waals surface area contributed by atoms with Gasteiger partial charge in [-0.2, -0.15) is 0 Å². The van der Waals surface area contributed by atoms with Crippen LogP contribution in [0.1, 0.15) is 6.42 Å². The summed E-state index contributed by atoms with van der Waals surface area (Å²) in [6.45, 7) is 2.50. The molecule has 1 rings (SSSR count). The summed E-state index contributed by atoms with van der Waals surface area (Å²) in [6.07, 6.45) is -0.251. The van der Waals surface area contributed by atoms with E-state index in [4.69, 9.17) is 15.6 Å². The highest BCUT2D eigenvalue weighted by Crippen LogP contribution is 2.09. The van der Waals surface area contributed by atoms with Crippen molar-refractivity contribution in [1.29, 1.82) is 0 Å². The minimum atomic E-state index is -0.498. The molecule has 0 aromatic carbocycles. The van der Waals surface area contributed by atoms with Crippen molar-refractivity contribution in [3.05, 3.63) is 0 Å². The summed E-state index contributed by atoms with van der Waals surface area (Å²) >= 11 is 0. The maximum absolute atomic E-state index is 11.1. The highest BCUT2D eigenvalue weighted by Gasteiger charge is 2.27. The third-order valence-electron chi connectivity index (χ3n) is 1.96. The van der Waals surface area contributed by atoms with Crippen molar-refractivity contribution in [3.63, 3.8) is 0 Å². The molecule has 1 heterocycles. The molecule has 0 aromatic heterocycles. The molecule has 1 saturated heterocycles. The number of likely N-dealkylation sites (tertiary alicyclic amines) is 1. The van der Waals surface area contributed by atoms with E-state index in [0.717, 1.165) is 0 Å². The van der Waals surface area contributed by atoms with E-state index in [9.17, 15) is 4.79 Å². The lowest BCUT2D eigenvalue weighted by Crippen LogP contribution is -2.30. The van der Waals surface area contributed by atoms with Gasteiger partial charge in [0.1, 0.15) is 0 Å². The average molecular weight is 188 g/mol. The summed E-state index contributed by atoms with van der Waals surface area (Å²) in [7, 11) is 0. The van der Waals surface area contributed by atoms with E-state index in [2.05, 4.69) is 0 Å². The van der Waals surface area contributed by atoms with Crippen LogP contribution >= 0.6 is 0 Å². The fraction of sp³-hybridized carbons (Fsp3) is 0.875. The van der Waals surface area contributed by atoms with E-state index in [0.29, 0.717) is 32.8 Å². The van der Waals surface area contributed by atoms with Crippen molar-refractivity contribution in [2.45, 2.75) is 12.5 Å². The Labute approximate surface area is 77.5 Å². The molecule has 13 heavy (non-hydrogen) atoms. The Morgan fingerprint density at radius 1 is 1.62 bits per heavy atom. The fourth-order valence-electron chi connectivity index (χ4n) is 1.33. The number of ether oxygens (including phenoxy) is 1. The van der Waals surface area contributed by atoms with Crippen LogP contribution in [-0.4, -0.2) is 54.9 Å². The first-order chi connectivity index (χ1) is 6.24. The molecule has 5 nitrogen and oxygen atoms in total. The van der Waals surface area contributed by atoms with Gasteiger partial charge in [0, 0.05) is 19.6 Å². The predicted octanol–water partition coefficient (Wildman–Crippen LogP) is -1.45. The number of hydrogen-bond acceptors (Lipinski definition) is 4. The predicted molar refractivity (Wildman–Crippen MR) is 47.1 cm³/mol. The molecular formula is C8H16N2O3. The molecule has 1 unspecified atom stereocenters. The lowest BCUT2D eigenvalue weighted by Gasteiger charge is -2.15. The summed E-state index contributed by atoms with van der Waals surface area (Å²) < 4.78 is 5.13. The fourth-order valence-corrected chi connectivity index (χ4v) is 1.33. The van der Waals surface area contributed by atoms with Gasteiger partial charge in [0.05, 0.1) is 25.7 Å². The van der Waals surface area contributed by atoms with Gasteiger partial charge >= 0.3 is 0 Å². The lowest BCUT2D eigenvalue weighted by molar-refractivity contribution is -0.128. The summed E-state index contributed by atoms with van der Waals surface area (Å²) in [5, 5.41) is 9.15. The summed E-state index contributed by atoms with van der Waals surface area (Å²) in [5.41, 5.74) is 5.23. The number of nitrogens with zero attached hydrogens (tertiary/aromatic N) is 1. The van der Waals surface area contributed by atoms with Crippen LogP contribution in [0.25, 0.3) is 0 Å². The van der Waals surface area contributed by atoms with E-state index >= 15 is 0 Å². The number of hydrogen-bond donors (Lipinski definition) is 2. The first-order valence-corrected chi connectivity index (χ1v) is 4.47. The number of aliphatic hydroxyl groups excluding tert-OH is 1. The highest BCUT2D eigenvalue weighted by atomic mass is 16.5. The zero-order valence-electron chi connectivity index (χ0n) is 7.61. The van der Waals surface area contributed by atoms with Crippen molar-refractivity contribution >= 4 is 5.91 Å². The Morgan fingerprint density at radius 2 is 2.38 bits per heavy atom. The second-order valence-corrected chi connectivity index (χ2v) is 3.10. The van der Waals surface area contributed by atoms with Crippen molar-refractivity contribution in [3.8, 4) is 0 Å². The van der Waals surface area contributed by atoms with Gasteiger partial charge in [0.2, 0.25) is 5.91 Å². The van der Waals surface area contributed by atoms with Crippen LogP contribution in [0.4, 0.5) is 0 Å². The molecular weight excluding hydrogens is 172 g/mol. The molecule has 1 fully saturated rings. The van der Waals surface area contributed by atoms with Crippen molar-refractivity contribution < 1.29 is 14.6 Å².